The van der Waals surface area contributed by atoms with Crippen LogP contribution >= 0.6 is 23.2 Å². The lowest BCUT2D eigenvalue weighted by atomic mass is 10.1. The third-order valence-corrected chi connectivity index (χ3v) is 5.51. The highest BCUT2D eigenvalue weighted by atomic mass is 35.5. The number of rotatable bonds is 7. The van der Waals surface area contributed by atoms with E-state index in [0.717, 1.165) is 22.3 Å². The van der Waals surface area contributed by atoms with E-state index in [2.05, 4.69) is 5.32 Å². The van der Waals surface area contributed by atoms with Gasteiger partial charge in [0.2, 0.25) is 5.91 Å². The molecule has 28 heavy (non-hydrogen) atoms. The van der Waals surface area contributed by atoms with E-state index in [9.17, 15) is 9.90 Å². The summed E-state index contributed by atoms with van der Waals surface area (Å²) in [5.74, 6) is -0.117. The Labute approximate surface area is 175 Å². The summed E-state index contributed by atoms with van der Waals surface area (Å²) in [5, 5.41) is 14.5. The molecule has 1 aliphatic rings. The fraction of sp³-hybridized carbons (Fsp3) is 0.381. The van der Waals surface area contributed by atoms with Crippen LogP contribution in [-0.2, 0) is 29.1 Å². The zero-order valence-electron chi connectivity index (χ0n) is 15.9. The Morgan fingerprint density at radius 3 is 2.79 bits per heavy atom. The van der Waals surface area contributed by atoms with Crippen LogP contribution in [0.5, 0.6) is 0 Å². The maximum absolute atomic E-state index is 12.4. The summed E-state index contributed by atoms with van der Waals surface area (Å²) in [6.07, 6.45) is -0.177. The summed E-state index contributed by atoms with van der Waals surface area (Å²) in [6.45, 7) is 1.13. The van der Waals surface area contributed by atoms with Gasteiger partial charge in [0.15, 0.2) is 0 Å². The highest BCUT2D eigenvalue weighted by Crippen LogP contribution is 2.40. The van der Waals surface area contributed by atoms with Gasteiger partial charge in [-0.25, -0.2) is 0 Å². The van der Waals surface area contributed by atoms with Gasteiger partial charge in [-0.1, -0.05) is 47.5 Å². The van der Waals surface area contributed by atoms with Crippen molar-refractivity contribution in [1.82, 2.24) is 10.2 Å². The van der Waals surface area contributed by atoms with Crippen molar-refractivity contribution in [2.75, 3.05) is 20.7 Å². The second-order valence-corrected chi connectivity index (χ2v) is 7.96. The number of hydrogen-bond acceptors (Lipinski definition) is 4. The second-order valence-electron chi connectivity index (χ2n) is 7.12. The van der Waals surface area contributed by atoms with Crippen LogP contribution in [0, 0.1) is 0 Å². The van der Waals surface area contributed by atoms with Crippen molar-refractivity contribution >= 4 is 29.1 Å². The van der Waals surface area contributed by atoms with Crippen molar-refractivity contribution < 1.29 is 14.6 Å². The number of hydrogen-bond donors (Lipinski definition) is 2. The molecule has 150 valence electrons. The molecule has 0 bridgehead atoms. The fourth-order valence-electron chi connectivity index (χ4n) is 3.74. The number of ether oxygens (including phenoxy) is 1. The quantitative estimate of drug-likeness (QED) is 0.717. The molecule has 2 aromatic rings. The van der Waals surface area contributed by atoms with E-state index < -0.39 is 6.10 Å². The normalized spacial score (nSPS) is 18.4. The summed E-state index contributed by atoms with van der Waals surface area (Å²) in [7, 11) is 3.47. The maximum Gasteiger partial charge on any atom is 0.234 e. The number of carbonyl (C=O) groups excluding carboxylic acids is 1. The predicted molar refractivity (Wildman–Crippen MR) is 111 cm³/mol. The van der Waals surface area contributed by atoms with Crippen LogP contribution in [0.4, 0.5) is 0 Å². The molecule has 0 saturated carbocycles. The van der Waals surface area contributed by atoms with Crippen LogP contribution in [0.2, 0.25) is 10.0 Å². The number of fused-ring (bicyclic) bond motifs is 1. The van der Waals surface area contributed by atoms with Gasteiger partial charge in [0.1, 0.15) is 0 Å². The first kappa shape index (κ1) is 21.1. The number of aliphatic hydroxyl groups excluding tert-OH is 1. The number of nitrogens with zero attached hydrogens (tertiary/aromatic N) is 1. The molecule has 2 N–H and O–H groups in total. The van der Waals surface area contributed by atoms with E-state index >= 15 is 0 Å². The van der Waals surface area contributed by atoms with E-state index in [-0.39, 0.29) is 18.5 Å². The number of likely N-dealkylation sites (N-methyl/N-ethyl adjacent to an activating group) is 1. The standard InChI is InChI=1S/C21H24Cl2N2O3/c1-25(21-17-7-15(22)8-18(23)16(17)9-19(21)26)11-20(27)24-10-13-4-3-5-14(6-13)12-28-2/h3-8,19,21,26H,9-12H2,1-2H3,(H,24,27). The lowest BCUT2D eigenvalue weighted by Gasteiger charge is -2.27. The molecule has 2 aromatic carbocycles. The Balaban J connectivity index is 1.61. The Morgan fingerprint density at radius 2 is 2.04 bits per heavy atom. The van der Waals surface area contributed by atoms with Crippen molar-refractivity contribution in [3.63, 3.8) is 0 Å². The van der Waals surface area contributed by atoms with E-state index in [0.29, 0.717) is 29.6 Å². The molecule has 0 aromatic heterocycles. The summed E-state index contributed by atoms with van der Waals surface area (Å²) in [4.78, 5) is 14.3. The van der Waals surface area contributed by atoms with Gasteiger partial charge in [-0.15, -0.1) is 0 Å². The largest absolute Gasteiger partial charge is 0.391 e. The van der Waals surface area contributed by atoms with Crippen molar-refractivity contribution in [2.24, 2.45) is 0 Å². The lowest BCUT2D eigenvalue weighted by Crippen LogP contribution is -2.39. The van der Waals surface area contributed by atoms with Gasteiger partial charge in [0, 0.05) is 30.1 Å². The van der Waals surface area contributed by atoms with Gasteiger partial charge in [-0.05, 0) is 41.4 Å². The Hall–Kier alpha value is -1.63. The number of halogens is 2. The third-order valence-electron chi connectivity index (χ3n) is 4.95. The third kappa shape index (κ3) is 4.85. The molecule has 3 rings (SSSR count). The van der Waals surface area contributed by atoms with Crippen LogP contribution in [0.25, 0.3) is 0 Å². The first-order valence-corrected chi connectivity index (χ1v) is 9.84. The van der Waals surface area contributed by atoms with E-state index in [1.165, 1.54) is 0 Å². The molecule has 0 fully saturated rings. The molecule has 0 aliphatic heterocycles. The van der Waals surface area contributed by atoms with Gasteiger partial charge in [0.25, 0.3) is 0 Å². The Morgan fingerprint density at radius 1 is 1.29 bits per heavy atom. The van der Waals surface area contributed by atoms with Crippen LogP contribution in [-0.4, -0.2) is 42.7 Å². The number of nitrogens with one attached hydrogen (secondary N) is 1. The first-order chi connectivity index (χ1) is 13.4. The van der Waals surface area contributed by atoms with Gasteiger partial charge in [-0.2, -0.15) is 0 Å². The van der Waals surface area contributed by atoms with Crippen molar-refractivity contribution in [3.8, 4) is 0 Å². The van der Waals surface area contributed by atoms with Crippen molar-refractivity contribution in [3.05, 3.63) is 68.7 Å². The average Bonchev–Trinajstić information content (AvgIpc) is 2.97. The Bertz CT molecular complexity index is 860. The first-order valence-electron chi connectivity index (χ1n) is 9.08. The lowest BCUT2D eigenvalue weighted by molar-refractivity contribution is -0.123. The number of aliphatic hydroxyl groups is 1. The minimum Gasteiger partial charge on any atom is -0.391 e. The predicted octanol–water partition coefficient (Wildman–Crippen LogP) is 3.35. The van der Waals surface area contributed by atoms with Crippen LogP contribution < -0.4 is 5.32 Å². The molecule has 0 radical (unpaired) electrons. The summed E-state index contributed by atoms with van der Waals surface area (Å²) in [5.41, 5.74) is 3.85. The number of carbonyl (C=O) groups is 1. The second kappa shape index (κ2) is 9.25. The molecule has 1 amide bonds. The molecule has 2 unspecified atom stereocenters. The molecular weight excluding hydrogens is 399 g/mol. The van der Waals surface area contributed by atoms with Crippen LogP contribution in [0.1, 0.15) is 28.3 Å². The molecule has 0 saturated heterocycles. The maximum atomic E-state index is 12.4. The van der Waals surface area contributed by atoms with Gasteiger partial charge >= 0.3 is 0 Å². The monoisotopic (exact) mass is 422 g/mol. The average molecular weight is 423 g/mol. The minimum absolute atomic E-state index is 0.117. The van der Waals surface area contributed by atoms with Crippen molar-refractivity contribution in [1.29, 1.82) is 0 Å². The molecule has 1 aliphatic carbocycles. The highest BCUT2D eigenvalue weighted by molar-refractivity contribution is 6.35. The summed E-state index contributed by atoms with van der Waals surface area (Å²) >= 11 is 12.4. The van der Waals surface area contributed by atoms with Gasteiger partial charge < -0.3 is 15.2 Å². The summed E-state index contributed by atoms with van der Waals surface area (Å²) < 4.78 is 5.14. The minimum atomic E-state index is -0.630. The topological polar surface area (TPSA) is 61.8 Å². The Kier molecular flexibility index (Phi) is 6.96. The SMILES string of the molecule is COCc1cccc(CNC(=O)CN(C)C2c3cc(Cl)cc(Cl)c3CC2O)c1. The molecular formula is C21H24Cl2N2O3. The molecule has 0 heterocycles. The van der Waals surface area contributed by atoms with Crippen LogP contribution in [0.3, 0.4) is 0 Å². The number of benzene rings is 2. The molecule has 7 heteroatoms. The zero-order valence-corrected chi connectivity index (χ0v) is 17.4. The van der Waals surface area contributed by atoms with E-state index in [4.69, 9.17) is 27.9 Å². The number of methoxy groups -OCH3 is 1. The van der Waals surface area contributed by atoms with Crippen LogP contribution in [0.15, 0.2) is 36.4 Å². The molecule has 0 spiro atoms. The molecule has 2 atom stereocenters. The van der Waals surface area contributed by atoms with Crippen molar-refractivity contribution in [2.45, 2.75) is 31.7 Å². The van der Waals surface area contributed by atoms with Gasteiger partial charge in [0.05, 0.1) is 25.3 Å². The molecule has 5 nitrogen and oxygen atoms in total. The van der Waals surface area contributed by atoms with E-state index in [1.807, 2.05) is 42.3 Å². The van der Waals surface area contributed by atoms with Gasteiger partial charge in [-0.3, -0.25) is 9.69 Å². The fourth-order valence-corrected chi connectivity index (χ4v) is 4.33. The summed E-state index contributed by atoms with van der Waals surface area (Å²) in [6, 6.07) is 11.1. The smallest absolute Gasteiger partial charge is 0.234 e. The number of amides is 1. The zero-order chi connectivity index (χ0) is 20.3. The highest BCUT2D eigenvalue weighted by Gasteiger charge is 2.36. The van der Waals surface area contributed by atoms with E-state index in [1.54, 1.807) is 13.2 Å².